The molecule has 0 N–H and O–H groups in total. The van der Waals surface area contributed by atoms with E-state index in [9.17, 15) is 13.6 Å². The summed E-state index contributed by atoms with van der Waals surface area (Å²) in [5, 5.41) is 7.62. The lowest BCUT2D eigenvalue weighted by Crippen LogP contribution is -2.14. The average molecular weight is 299 g/mol. The van der Waals surface area contributed by atoms with Gasteiger partial charge in [0.25, 0.3) is 0 Å². The van der Waals surface area contributed by atoms with Crippen LogP contribution < -0.4 is 0 Å². The van der Waals surface area contributed by atoms with Gasteiger partial charge in [-0.1, -0.05) is 18.6 Å². The van der Waals surface area contributed by atoms with E-state index in [0.29, 0.717) is 12.1 Å². The van der Waals surface area contributed by atoms with Crippen molar-refractivity contribution in [3.05, 3.63) is 29.6 Å². The number of halogens is 2. The fourth-order valence-corrected chi connectivity index (χ4v) is 1.98. The van der Waals surface area contributed by atoms with E-state index in [1.807, 2.05) is 6.92 Å². The summed E-state index contributed by atoms with van der Waals surface area (Å²) in [4.78, 5) is 15.5. The van der Waals surface area contributed by atoms with Crippen LogP contribution >= 0.6 is 0 Å². The summed E-state index contributed by atoms with van der Waals surface area (Å²) < 4.78 is 32.4. The number of carbonyl (C=O) groups is 1. The number of hydrogen-bond donors (Lipinski definition) is 0. The van der Waals surface area contributed by atoms with Crippen molar-refractivity contribution in [2.24, 2.45) is 0 Å². The van der Waals surface area contributed by atoms with Gasteiger partial charge in [-0.3, -0.25) is 4.57 Å². The van der Waals surface area contributed by atoms with Gasteiger partial charge in [0.1, 0.15) is 12.4 Å². The number of rotatable bonds is 6. The molecule has 0 radical (unpaired) electrons. The predicted molar refractivity (Wildman–Crippen MR) is 67.9 cm³/mol. The van der Waals surface area contributed by atoms with Crippen molar-refractivity contribution in [2.75, 3.05) is 7.11 Å². The Hall–Kier alpha value is -2.32. The number of nitrogens with zero attached hydrogens (tertiary/aromatic N) is 5. The largest absolute Gasteiger partial charge is 0.464 e. The van der Waals surface area contributed by atoms with E-state index in [-0.39, 0.29) is 18.1 Å². The second-order valence-electron chi connectivity index (χ2n) is 4.31. The molecule has 0 bridgehead atoms. The number of aromatic nitrogens is 5. The Bertz CT molecular complexity index is 623. The molecule has 2 aromatic heterocycles. The SMILES string of the molecule is CCCc1c(C(=O)OC)nnn1Cc1nccn1C(F)F. The maximum atomic E-state index is 12.8. The molecule has 2 heterocycles. The minimum Gasteiger partial charge on any atom is -0.464 e. The summed E-state index contributed by atoms with van der Waals surface area (Å²) in [7, 11) is 1.25. The summed E-state index contributed by atoms with van der Waals surface area (Å²) in [6.07, 6.45) is 3.77. The molecule has 0 spiro atoms. The first-order valence-corrected chi connectivity index (χ1v) is 6.39. The first-order valence-electron chi connectivity index (χ1n) is 6.39. The van der Waals surface area contributed by atoms with Crippen molar-refractivity contribution in [2.45, 2.75) is 32.9 Å². The monoisotopic (exact) mass is 299 g/mol. The topological polar surface area (TPSA) is 74.8 Å². The third kappa shape index (κ3) is 3.06. The Morgan fingerprint density at radius 2 is 2.24 bits per heavy atom. The molecule has 0 unspecified atom stereocenters. The van der Waals surface area contributed by atoms with E-state index >= 15 is 0 Å². The lowest BCUT2D eigenvalue weighted by molar-refractivity contribution is 0.0591. The van der Waals surface area contributed by atoms with Crippen LogP contribution in [0.25, 0.3) is 0 Å². The third-order valence-electron chi connectivity index (χ3n) is 2.95. The van der Waals surface area contributed by atoms with Gasteiger partial charge in [0.2, 0.25) is 0 Å². The first-order chi connectivity index (χ1) is 10.1. The van der Waals surface area contributed by atoms with Crippen LogP contribution in [-0.2, 0) is 17.7 Å². The van der Waals surface area contributed by atoms with Crippen molar-refractivity contribution in [1.82, 2.24) is 24.5 Å². The van der Waals surface area contributed by atoms with E-state index in [2.05, 4.69) is 20.0 Å². The van der Waals surface area contributed by atoms with Gasteiger partial charge in [-0.2, -0.15) is 8.78 Å². The van der Waals surface area contributed by atoms with E-state index in [1.165, 1.54) is 24.2 Å². The molecule has 0 aliphatic rings. The zero-order valence-electron chi connectivity index (χ0n) is 11.7. The summed E-state index contributed by atoms with van der Waals surface area (Å²) in [5.74, 6) is -0.453. The Morgan fingerprint density at radius 1 is 1.48 bits per heavy atom. The lowest BCUT2D eigenvalue weighted by Gasteiger charge is -2.08. The summed E-state index contributed by atoms with van der Waals surface area (Å²) in [6, 6.07) is 0. The highest BCUT2D eigenvalue weighted by Gasteiger charge is 2.21. The van der Waals surface area contributed by atoms with Gasteiger partial charge in [0.15, 0.2) is 5.69 Å². The molecule has 0 saturated heterocycles. The van der Waals surface area contributed by atoms with Crippen molar-refractivity contribution in [3.8, 4) is 0 Å². The van der Waals surface area contributed by atoms with Crippen LogP contribution in [-0.4, -0.2) is 37.6 Å². The van der Waals surface area contributed by atoms with E-state index in [1.54, 1.807) is 0 Å². The highest BCUT2D eigenvalue weighted by Crippen LogP contribution is 2.15. The molecule has 0 atom stereocenters. The lowest BCUT2D eigenvalue weighted by atomic mass is 10.2. The second-order valence-corrected chi connectivity index (χ2v) is 4.31. The first kappa shape index (κ1) is 15.1. The number of carbonyl (C=O) groups excluding carboxylic acids is 1. The van der Waals surface area contributed by atoms with Crippen molar-refractivity contribution < 1.29 is 18.3 Å². The normalized spacial score (nSPS) is 11.1. The molecule has 2 rings (SSSR count). The number of imidazole rings is 1. The average Bonchev–Trinajstić information content (AvgIpc) is 3.07. The molecule has 0 fully saturated rings. The molecule has 114 valence electrons. The van der Waals surface area contributed by atoms with Crippen LogP contribution in [0.3, 0.4) is 0 Å². The van der Waals surface area contributed by atoms with E-state index < -0.39 is 12.5 Å². The molecule has 21 heavy (non-hydrogen) atoms. The Kier molecular flexibility index (Phi) is 4.61. The Labute approximate surface area is 119 Å². The highest BCUT2D eigenvalue weighted by molar-refractivity contribution is 5.88. The van der Waals surface area contributed by atoms with Gasteiger partial charge in [-0.25, -0.2) is 14.5 Å². The van der Waals surface area contributed by atoms with Crippen LogP contribution in [0.1, 0.15) is 41.9 Å². The van der Waals surface area contributed by atoms with Gasteiger partial charge in [-0.15, -0.1) is 5.10 Å². The fourth-order valence-electron chi connectivity index (χ4n) is 1.98. The summed E-state index contributed by atoms with van der Waals surface area (Å²) in [5.41, 5.74) is 0.655. The molecule has 0 saturated carbocycles. The van der Waals surface area contributed by atoms with Crippen LogP contribution in [0, 0.1) is 0 Å². The van der Waals surface area contributed by atoms with E-state index in [0.717, 1.165) is 11.0 Å². The molecular formula is C12H15F2N5O2. The van der Waals surface area contributed by atoms with Crippen LogP contribution in [0.5, 0.6) is 0 Å². The van der Waals surface area contributed by atoms with Crippen molar-refractivity contribution >= 4 is 5.97 Å². The fraction of sp³-hybridized carbons (Fsp3) is 0.500. The molecule has 9 heteroatoms. The third-order valence-corrected chi connectivity index (χ3v) is 2.95. The molecule has 0 aromatic carbocycles. The van der Waals surface area contributed by atoms with E-state index in [4.69, 9.17) is 0 Å². The molecule has 7 nitrogen and oxygen atoms in total. The molecule has 0 aliphatic carbocycles. The number of esters is 1. The maximum Gasteiger partial charge on any atom is 0.360 e. The molecule has 0 aliphatic heterocycles. The number of ether oxygens (including phenoxy) is 1. The number of hydrogen-bond acceptors (Lipinski definition) is 5. The minimum atomic E-state index is -2.68. The second kappa shape index (κ2) is 6.42. The van der Waals surface area contributed by atoms with Gasteiger partial charge in [-0.05, 0) is 6.42 Å². The summed E-state index contributed by atoms with van der Waals surface area (Å²) in [6.45, 7) is -0.740. The molecule has 0 amide bonds. The molecule has 2 aromatic rings. The smallest absolute Gasteiger partial charge is 0.360 e. The van der Waals surface area contributed by atoms with Gasteiger partial charge in [0.05, 0.1) is 12.8 Å². The maximum absolute atomic E-state index is 12.8. The van der Waals surface area contributed by atoms with Gasteiger partial charge in [0, 0.05) is 12.4 Å². The standard InChI is InChI=1S/C12H15F2N5O2/c1-3-4-8-10(11(20)21-2)16-17-19(8)7-9-15-5-6-18(9)12(13)14/h5-6,12H,3-4,7H2,1-2H3. The van der Waals surface area contributed by atoms with Crippen molar-refractivity contribution in [1.29, 1.82) is 0 Å². The number of alkyl halides is 2. The van der Waals surface area contributed by atoms with Gasteiger partial charge >= 0.3 is 12.5 Å². The Balaban J connectivity index is 2.33. The van der Waals surface area contributed by atoms with Gasteiger partial charge < -0.3 is 4.74 Å². The zero-order chi connectivity index (χ0) is 15.4. The zero-order valence-corrected chi connectivity index (χ0v) is 11.7. The van der Waals surface area contributed by atoms with Crippen LogP contribution in [0.2, 0.25) is 0 Å². The quantitative estimate of drug-likeness (QED) is 0.758. The summed E-state index contributed by atoms with van der Waals surface area (Å²) >= 11 is 0. The van der Waals surface area contributed by atoms with Crippen LogP contribution in [0.4, 0.5) is 8.78 Å². The molecular weight excluding hydrogens is 284 g/mol. The predicted octanol–water partition coefficient (Wildman–Crippen LogP) is 1.66. The van der Waals surface area contributed by atoms with Crippen LogP contribution in [0.15, 0.2) is 12.4 Å². The van der Waals surface area contributed by atoms with Crippen molar-refractivity contribution in [3.63, 3.8) is 0 Å². The Morgan fingerprint density at radius 3 is 2.86 bits per heavy atom. The number of methoxy groups -OCH3 is 1. The minimum absolute atomic E-state index is 0.0106. The highest BCUT2D eigenvalue weighted by atomic mass is 19.3.